The van der Waals surface area contributed by atoms with Crippen molar-refractivity contribution in [1.82, 2.24) is 4.98 Å². The van der Waals surface area contributed by atoms with Crippen LogP contribution >= 0.6 is 11.3 Å². The Morgan fingerprint density at radius 1 is 1.45 bits per heavy atom. The van der Waals surface area contributed by atoms with Crippen LogP contribution in [0.5, 0.6) is 0 Å². The number of benzene rings is 1. The molecule has 1 N–H and O–H groups in total. The van der Waals surface area contributed by atoms with Crippen LogP contribution in [0, 0.1) is 23.0 Å². The summed E-state index contributed by atoms with van der Waals surface area (Å²) in [6.45, 7) is 5.51. The highest BCUT2D eigenvalue weighted by atomic mass is 32.1. The quantitative estimate of drug-likeness (QED) is 0.674. The average molecular weight is 319 g/mol. The lowest BCUT2D eigenvalue weighted by Crippen LogP contribution is -2.17. The van der Waals surface area contributed by atoms with E-state index in [2.05, 4.69) is 10.3 Å². The molecular weight excluding hydrogens is 302 g/mol. The summed E-state index contributed by atoms with van der Waals surface area (Å²) in [5.41, 5.74) is 1.76. The number of aryl methyl sites for hydroxylation is 1. The second-order valence-corrected chi connectivity index (χ2v) is 6.36. The highest BCUT2D eigenvalue weighted by Crippen LogP contribution is 2.26. The van der Waals surface area contributed by atoms with Gasteiger partial charge < -0.3 is 5.32 Å². The first-order valence-electron chi connectivity index (χ1n) is 6.87. The van der Waals surface area contributed by atoms with Crippen molar-refractivity contribution in [1.29, 1.82) is 0 Å². The van der Waals surface area contributed by atoms with Gasteiger partial charge in [0.1, 0.15) is 0 Å². The Hall–Kier alpha value is -2.28. The normalized spacial score (nSPS) is 10.7. The summed E-state index contributed by atoms with van der Waals surface area (Å²) >= 11 is 1.40. The summed E-state index contributed by atoms with van der Waals surface area (Å²) in [5.74, 6) is -0.180. The molecule has 22 heavy (non-hydrogen) atoms. The third-order valence-electron chi connectivity index (χ3n) is 3.13. The van der Waals surface area contributed by atoms with Gasteiger partial charge in [-0.25, -0.2) is 4.98 Å². The first-order chi connectivity index (χ1) is 10.4. The van der Waals surface area contributed by atoms with Crippen molar-refractivity contribution in [3.63, 3.8) is 0 Å². The van der Waals surface area contributed by atoms with E-state index in [1.165, 1.54) is 17.4 Å². The fourth-order valence-electron chi connectivity index (χ4n) is 1.86. The number of carbonyl (C=O) groups is 1. The number of anilines is 1. The molecular formula is C15H17N3O3S. The molecule has 6 nitrogen and oxygen atoms in total. The zero-order chi connectivity index (χ0) is 16.3. The number of non-ortho nitro benzene ring substituents is 1. The monoisotopic (exact) mass is 319 g/mol. The molecule has 0 fully saturated rings. The Bertz CT molecular complexity index is 710. The highest BCUT2D eigenvalue weighted by Gasteiger charge is 2.14. The number of nitrogens with zero attached hydrogens (tertiary/aromatic N) is 2. The first kappa shape index (κ1) is 16.1. The van der Waals surface area contributed by atoms with E-state index >= 15 is 0 Å². The standard InChI is InChI=1S/C15H17N3O3S/c1-9(2)14(19)17-15-16-10(3)13(22-15)8-11-5-4-6-12(7-11)18(20)21/h4-7,9H,8H2,1-3H3,(H,16,17,19). The molecule has 0 aliphatic heterocycles. The average Bonchev–Trinajstić information content (AvgIpc) is 2.78. The molecule has 7 heteroatoms. The fourth-order valence-corrected chi connectivity index (χ4v) is 2.86. The minimum Gasteiger partial charge on any atom is -0.302 e. The third kappa shape index (κ3) is 3.88. The maximum Gasteiger partial charge on any atom is 0.269 e. The van der Waals surface area contributed by atoms with Crippen molar-refractivity contribution in [2.45, 2.75) is 27.2 Å². The highest BCUT2D eigenvalue weighted by molar-refractivity contribution is 7.15. The van der Waals surface area contributed by atoms with Crippen molar-refractivity contribution in [2.24, 2.45) is 5.92 Å². The van der Waals surface area contributed by atoms with Crippen LogP contribution in [0.2, 0.25) is 0 Å². The molecule has 1 aromatic heterocycles. The maximum absolute atomic E-state index is 11.7. The largest absolute Gasteiger partial charge is 0.302 e. The zero-order valence-electron chi connectivity index (χ0n) is 12.6. The van der Waals surface area contributed by atoms with Crippen LogP contribution in [0.25, 0.3) is 0 Å². The van der Waals surface area contributed by atoms with Crippen LogP contribution in [0.15, 0.2) is 24.3 Å². The summed E-state index contributed by atoms with van der Waals surface area (Å²) in [4.78, 5) is 27.4. The third-order valence-corrected chi connectivity index (χ3v) is 4.21. The van der Waals surface area contributed by atoms with Crippen LogP contribution in [0.4, 0.5) is 10.8 Å². The van der Waals surface area contributed by atoms with Gasteiger partial charge in [0.25, 0.3) is 5.69 Å². The summed E-state index contributed by atoms with van der Waals surface area (Å²) in [7, 11) is 0. The molecule has 0 saturated heterocycles. The Labute approximate surface area is 132 Å². The predicted molar refractivity (Wildman–Crippen MR) is 86.2 cm³/mol. The van der Waals surface area contributed by atoms with E-state index in [1.54, 1.807) is 12.1 Å². The maximum atomic E-state index is 11.7. The molecule has 0 bridgehead atoms. The number of thiazole rings is 1. The zero-order valence-corrected chi connectivity index (χ0v) is 13.4. The van der Waals surface area contributed by atoms with E-state index < -0.39 is 4.92 Å². The molecule has 1 aromatic carbocycles. The predicted octanol–water partition coefficient (Wildman–Crippen LogP) is 3.55. The number of nitrogens with one attached hydrogen (secondary N) is 1. The number of amides is 1. The topological polar surface area (TPSA) is 85.1 Å². The number of nitro benzene ring substituents is 1. The molecule has 1 amide bonds. The number of carbonyl (C=O) groups excluding carboxylic acids is 1. The smallest absolute Gasteiger partial charge is 0.269 e. The number of rotatable bonds is 5. The number of hydrogen-bond donors (Lipinski definition) is 1. The lowest BCUT2D eigenvalue weighted by atomic mass is 10.1. The molecule has 0 aliphatic rings. The van der Waals surface area contributed by atoms with Gasteiger partial charge in [0.2, 0.25) is 5.91 Å². The molecule has 2 aromatic rings. The van der Waals surface area contributed by atoms with Crippen LogP contribution < -0.4 is 5.32 Å². The van der Waals surface area contributed by atoms with Gasteiger partial charge in [0.15, 0.2) is 5.13 Å². The molecule has 0 atom stereocenters. The summed E-state index contributed by atoms with van der Waals surface area (Å²) in [5, 5.41) is 14.2. The Morgan fingerprint density at radius 3 is 2.82 bits per heavy atom. The molecule has 0 radical (unpaired) electrons. The van der Waals surface area contributed by atoms with Crippen molar-refractivity contribution in [2.75, 3.05) is 5.32 Å². The van der Waals surface area contributed by atoms with Gasteiger partial charge in [0, 0.05) is 29.3 Å². The Morgan fingerprint density at radius 2 is 2.18 bits per heavy atom. The van der Waals surface area contributed by atoms with E-state index in [0.717, 1.165) is 16.1 Å². The van der Waals surface area contributed by atoms with Gasteiger partial charge in [-0.15, -0.1) is 11.3 Å². The lowest BCUT2D eigenvalue weighted by molar-refractivity contribution is -0.384. The van der Waals surface area contributed by atoms with Gasteiger partial charge in [-0.2, -0.15) is 0 Å². The molecule has 0 unspecified atom stereocenters. The molecule has 116 valence electrons. The van der Waals surface area contributed by atoms with E-state index in [-0.39, 0.29) is 17.5 Å². The SMILES string of the molecule is Cc1nc(NC(=O)C(C)C)sc1Cc1cccc([N+](=O)[O-])c1. The van der Waals surface area contributed by atoms with E-state index in [0.29, 0.717) is 11.6 Å². The van der Waals surface area contributed by atoms with Crippen molar-refractivity contribution < 1.29 is 9.72 Å². The summed E-state index contributed by atoms with van der Waals surface area (Å²) in [6.07, 6.45) is 0.558. The van der Waals surface area contributed by atoms with Gasteiger partial charge >= 0.3 is 0 Å². The summed E-state index contributed by atoms with van der Waals surface area (Å²) < 4.78 is 0. The van der Waals surface area contributed by atoms with Gasteiger partial charge in [0.05, 0.1) is 10.6 Å². The number of hydrogen-bond acceptors (Lipinski definition) is 5. The molecule has 0 saturated carbocycles. The Balaban J connectivity index is 2.17. The molecule has 1 heterocycles. The first-order valence-corrected chi connectivity index (χ1v) is 7.69. The van der Waals surface area contributed by atoms with Crippen molar-refractivity contribution in [3.05, 3.63) is 50.5 Å². The minimum absolute atomic E-state index is 0.0735. The van der Waals surface area contributed by atoms with E-state index in [1.807, 2.05) is 26.8 Å². The number of nitro groups is 1. The van der Waals surface area contributed by atoms with E-state index in [4.69, 9.17) is 0 Å². The van der Waals surface area contributed by atoms with Crippen LogP contribution in [0.1, 0.15) is 30.0 Å². The number of aromatic nitrogens is 1. The fraction of sp³-hybridized carbons (Fsp3) is 0.333. The minimum atomic E-state index is -0.405. The lowest BCUT2D eigenvalue weighted by Gasteiger charge is -2.03. The van der Waals surface area contributed by atoms with Crippen molar-refractivity contribution >= 4 is 28.1 Å². The van der Waals surface area contributed by atoms with Crippen LogP contribution in [-0.2, 0) is 11.2 Å². The van der Waals surface area contributed by atoms with Crippen molar-refractivity contribution in [3.8, 4) is 0 Å². The molecule has 0 spiro atoms. The second kappa shape index (κ2) is 6.65. The van der Waals surface area contributed by atoms with Crippen LogP contribution in [0.3, 0.4) is 0 Å². The van der Waals surface area contributed by atoms with Gasteiger partial charge in [-0.3, -0.25) is 14.9 Å². The Kier molecular flexibility index (Phi) is 4.87. The van der Waals surface area contributed by atoms with Gasteiger partial charge in [-0.05, 0) is 12.5 Å². The second-order valence-electron chi connectivity index (χ2n) is 5.28. The van der Waals surface area contributed by atoms with Gasteiger partial charge in [-0.1, -0.05) is 26.0 Å². The van der Waals surface area contributed by atoms with Crippen LogP contribution in [-0.4, -0.2) is 15.8 Å². The summed E-state index contributed by atoms with van der Waals surface area (Å²) in [6, 6.07) is 6.55. The van der Waals surface area contributed by atoms with E-state index in [9.17, 15) is 14.9 Å². The molecule has 2 rings (SSSR count). The molecule has 0 aliphatic carbocycles.